The van der Waals surface area contributed by atoms with Crippen molar-refractivity contribution < 1.29 is 18.0 Å². The number of rotatable bonds is 5. The lowest BCUT2D eigenvalue weighted by molar-refractivity contribution is -0.137. The van der Waals surface area contributed by atoms with Crippen molar-refractivity contribution in [2.24, 2.45) is 0 Å². The Bertz CT molecular complexity index is 1190. The second-order valence-electron chi connectivity index (χ2n) is 6.59. The average molecular weight is 411 g/mol. The topological polar surface area (TPSA) is 82.7 Å². The second kappa shape index (κ2) is 7.86. The number of hydrogen-bond acceptors (Lipinski definition) is 4. The molecule has 30 heavy (non-hydrogen) atoms. The second-order valence-corrected chi connectivity index (χ2v) is 6.59. The van der Waals surface area contributed by atoms with E-state index in [9.17, 15) is 18.0 Å². The monoisotopic (exact) mass is 411 g/mol. The Morgan fingerprint density at radius 1 is 1.00 bits per heavy atom. The van der Waals surface area contributed by atoms with Crippen LogP contribution in [0.2, 0.25) is 0 Å². The van der Waals surface area contributed by atoms with Gasteiger partial charge in [-0.1, -0.05) is 18.2 Å². The van der Waals surface area contributed by atoms with Gasteiger partial charge in [0.05, 0.1) is 17.4 Å². The number of hydrogen-bond donors (Lipinski definition) is 3. The molecule has 0 bridgehead atoms. The zero-order valence-corrected chi connectivity index (χ0v) is 15.5. The maximum absolute atomic E-state index is 12.8. The lowest BCUT2D eigenvalue weighted by atomic mass is 10.1. The number of nitrogens with zero attached hydrogens (tertiary/aromatic N) is 2. The summed E-state index contributed by atoms with van der Waals surface area (Å²) in [6.45, 7) is 0. The van der Waals surface area contributed by atoms with Gasteiger partial charge in [0.1, 0.15) is 17.8 Å². The van der Waals surface area contributed by atoms with Gasteiger partial charge in [0, 0.05) is 17.6 Å². The van der Waals surface area contributed by atoms with E-state index in [1.807, 2.05) is 6.07 Å². The summed E-state index contributed by atoms with van der Waals surface area (Å²) in [5, 5.41) is 6.54. The van der Waals surface area contributed by atoms with E-state index >= 15 is 0 Å². The number of alkyl halides is 3. The van der Waals surface area contributed by atoms with Crippen LogP contribution in [0, 0.1) is 0 Å². The van der Waals surface area contributed by atoms with Crippen LogP contribution in [0.15, 0.2) is 67.1 Å². The minimum Gasteiger partial charge on any atom is -0.346 e. The standard InChI is InChI=1S/C21H16F3N5O/c22-21(23,24)14-2-1-3-16(11-14)28-18(30)10-13-4-6-15(7-5-13)29-20-17-8-9-25-19(17)26-12-27-20/h1-9,11-12H,10H2,(H,28,30)(H2,25,26,27,29). The molecule has 0 aliphatic carbocycles. The summed E-state index contributed by atoms with van der Waals surface area (Å²) in [6.07, 6.45) is -1.20. The number of carbonyl (C=O) groups is 1. The van der Waals surface area contributed by atoms with Crippen molar-refractivity contribution >= 4 is 34.1 Å². The Balaban J connectivity index is 1.40. The van der Waals surface area contributed by atoms with Gasteiger partial charge in [-0.2, -0.15) is 13.2 Å². The Morgan fingerprint density at radius 2 is 1.80 bits per heavy atom. The van der Waals surface area contributed by atoms with Crippen LogP contribution in [0.5, 0.6) is 0 Å². The number of benzene rings is 2. The Labute approximate surface area is 169 Å². The molecule has 0 saturated heterocycles. The molecule has 0 spiro atoms. The van der Waals surface area contributed by atoms with E-state index in [0.29, 0.717) is 5.82 Å². The number of carbonyl (C=O) groups excluding carboxylic acids is 1. The van der Waals surface area contributed by atoms with Gasteiger partial charge in [0.2, 0.25) is 5.91 Å². The van der Waals surface area contributed by atoms with Crippen molar-refractivity contribution in [3.63, 3.8) is 0 Å². The fraction of sp³-hybridized carbons (Fsp3) is 0.0952. The van der Waals surface area contributed by atoms with E-state index in [2.05, 4.69) is 25.6 Å². The van der Waals surface area contributed by atoms with Gasteiger partial charge in [-0.15, -0.1) is 0 Å². The highest BCUT2D eigenvalue weighted by atomic mass is 19.4. The van der Waals surface area contributed by atoms with E-state index in [-0.39, 0.29) is 12.1 Å². The zero-order valence-electron chi connectivity index (χ0n) is 15.5. The van der Waals surface area contributed by atoms with Crippen LogP contribution in [0.4, 0.5) is 30.4 Å². The first-order chi connectivity index (χ1) is 14.4. The summed E-state index contributed by atoms with van der Waals surface area (Å²) in [6, 6.07) is 13.5. The zero-order chi connectivity index (χ0) is 21.1. The Morgan fingerprint density at radius 3 is 2.57 bits per heavy atom. The molecular formula is C21H16F3N5O. The number of aromatic amines is 1. The van der Waals surface area contributed by atoms with Crippen molar-refractivity contribution in [1.82, 2.24) is 15.0 Å². The summed E-state index contributed by atoms with van der Waals surface area (Å²) >= 11 is 0. The number of fused-ring (bicyclic) bond motifs is 1. The highest BCUT2D eigenvalue weighted by molar-refractivity contribution is 5.92. The first-order valence-corrected chi connectivity index (χ1v) is 9.00. The fourth-order valence-corrected chi connectivity index (χ4v) is 2.98. The molecule has 6 nitrogen and oxygen atoms in total. The normalized spacial score (nSPS) is 11.4. The summed E-state index contributed by atoms with van der Waals surface area (Å²) in [5.74, 6) is 0.246. The van der Waals surface area contributed by atoms with Crippen LogP contribution in [0.25, 0.3) is 11.0 Å². The molecule has 9 heteroatoms. The molecule has 0 atom stereocenters. The van der Waals surface area contributed by atoms with Crippen molar-refractivity contribution in [2.75, 3.05) is 10.6 Å². The molecule has 1 amide bonds. The van der Waals surface area contributed by atoms with Gasteiger partial charge >= 0.3 is 6.18 Å². The van der Waals surface area contributed by atoms with Gasteiger partial charge < -0.3 is 15.6 Å². The summed E-state index contributed by atoms with van der Waals surface area (Å²) in [5.41, 5.74) is 1.51. The molecule has 2 aromatic carbocycles. The van der Waals surface area contributed by atoms with E-state index < -0.39 is 17.6 Å². The van der Waals surface area contributed by atoms with Gasteiger partial charge in [0.25, 0.3) is 0 Å². The molecule has 0 saturated carbocycles. The lowest BCUT2D eigenvalue weighted by Gasteiger charge is -2.10. The van der Waals surface area contributed by atoms with Crippen molar-refractivity contribution in [1.29, 1.82) is 0 Å². The van der Waals surface area contributed by atoms with Crippen LogP contribution in [-0.4, -0.2) is 20.9 Å². The first kappa shape index (κ1) is 19.4. The first-order valence-electron chi connectivity index (χ1n) is 9.00. The molecule has 0 unspecified atom stereocenters. The summed E-state index contributed by atoms with van der Waals surface area (Å²) < 4.78 is 38.4. The van der Waals surface area contributed by atoms with Crippen molar-refractivity contribution in [3.8, 4) is 0 Å². The van der Waals surface area contributed by atoms with Crippen molar-refractivity contribution in [3.05, 3.63) is 78.2 Å². The van der Waals surface area contributed by atoms with E-state index in [0.717, 1.165) is 34.4 Å². The number of halogens is 3. The number of amides is 1. The SMILES string of the molecule is O=C(Cc1ccc(Nc2ncnc3[nH]ccc23)cc1)Nc1cccc(C(F)(F)F)c1. The lowest BCUT2D eigenvalue weighted by Crippen LogP contribution is -2.15. The minimum atomic E-state index is -4.46. The van der Waals surface area contributed by atoms with Gasteiger partial charge in [0.15, 0.2) is 0 Å². The third kappa shape index (κ3) is 4.40. The van der Waals surface area contributed by atoms with Gasteiger partial charge in [-0.25, -0.2) is 9.97 Å². The molecule has 3 N–H and O–H groups in total. The van der Waals surface area contributed by atoms with Gasteiger partial charge in [-0.3, -0.25) is 4.79 Å². The quantitative estimate of drug-likeness (QED) is 0.436. The van der Waals surface area contributed by atoms with Crippen LogP contribution in [-0.2, 0) is 17.4 Å². The molecule has 4 rings (SSSR count). The molecule has 4 aromatic rings. The Hall–Kier alpha value is -3.88. The van der Waals surface area contributed by atoms with Crippen LogP contribution >= 0.6 is 0 Å². The molecule has 0 fully saturated rings. The Kier molecular flexibility index (Phi) is 5.09. The highest BCUT2D eigenvalue weighted by Crippen LogP contribution is 2.30. The molecule has 0 radical (unpaired) electrons. The molecule has 2 heterocycles. The fourth-order valence-electron chi connectivity index (χ4n) is 2.98. The molecule has 0 aliphatic heterocycles. The van der Waals surface area contributed by atoms with E-state index in [1.165, 1.54) is 18.5 Å². The van der Waals surface area contributed by atoms with E-state index in [4.69, 9.17) is 0 Å². The largest absolute Gasteiger partial charge is 0.416 e. The predicted molar refractivity (Wildman–Crippen MR) is 107 cm³/mol. The molecular weight excluding hydrogens is 395 g/mol. The molecule has 0 aliphatic rings. The maximum Gasteiger partial charge on any atom is 0.416 e. The highest BCUT2D eigenvalue weighted by Gasteiger charge is 2.30. The maximum atomic E-state index is 12.8. The van der Waals surface area contributed by atoms with Crippen molar-refractivity contribution in [2.45, 2.75) is 12.6 Å². The van der Waals surface area contributed by atoms with Gasteiger partial charge in [-0.05, 0) is 42.0 Å². The predicted octanol–water partition coefficient (Wildman–Crippen LogP) is 4.90. The van der Waals surface area contributed by atoms with Crippen LogP contribution in [0.1, 0.15) is 11.1 Å². The number of H-pyrrole nitrogens is 1. The van der Waals surface area contributed by atoms with E-state index in [1.54, 1.807) is 30.5 Å². The van der Waals surface area contributed by atoms with Crippen LogP contribution < -0.4 is 10.6 Å². The molecule has 152 valence electrons. The summed E-state index contributed by atoms with van der Waals surface area (Å²) in [7, 11) is 0. The minimum absolute atomic E-state index is 0.0338. The summed E-state index contributed by atoms with van der Waals surface area (Å²) in [4.78, 5) is 23.6. The molecule has 2 aromatic heterocycles. The smallest absolute Gasteiger partial charge is 0.346 e. The third-order valence-corrected chi connectivity index (χ3v) is 4.41. The van der Waals surface area contributed by atoms with Crippen LogP contribution in [0.3, 0.4) is 0 Å². The number of anilines is 3. The number of nitrogens with one attached hydrogen (secondary N) is 3. The number of aromatic nitrogens is 3. The third-order valence-electron chi connectivity index (χ3n) is 4.41. The average Bonchev–Trinajstić information content (AvgIpc) is 3.19.